The minimum atomic E-state index is -0.0404. The number of hydrogen-bond donors (Lipinski definition) is 2. The summed E-state index contributed by atoms with van der Waals surface area (Å²) in [7, 11) is 0. The van der Waals surface area contributed by atoms with E-state index in [1.807, 2.05) is 12.1 Å². The standard InChI is InChI=1S/C15H20N6O.ClH/c1-11(13-3-2-8-16-9-13)18-15(22)12-4-6-14(7-5-12)21-10-17-19-20-21;/h4-7,10-11,13,16H,2-3,8-9H2,1H3,(H,18,22);1H. The van der Waals surface area contributed by atoms with Crippen LogP contribution in [0, 0.1) is 5.92 Å². The second-order valence-electron chi connectivity index (χ2n) is 5.67. The van der Waals surface area contributed by atoms with Crippen LogP contribution in [0.3, 0.4) is 0 Å². The summed E-state index contributed by atoms with van der Waals surface area (Å²) >= 11 is 0. The molecule has 1 saturated heterocycles. The highest BCUT2D eigenvalue weighted by molar-refractivity contribution is 5.94. The van der Waals surface area contributed by atoms with Gasteiger partial charge in [0.2, 0.25) is 0 Å². The number of carbonyl (C=O) groups excluding carboxylic acids is 1. The lowest BCUT2D eigenvalue weighted by Crippen LogP contribution is -2.44. The van der Waals surface area contributed by atoms with Crippen LogP contribution >= 0.6 is 12.4 Å². The molecule has 1 aromatic carbocycles. The molecule has 0 bridgehead atoms. The first kappa shape index (κ1) is 17.4. The molecule has 0 aliphatic carbocycles. The summed E-state index contributed by atoms with van der Waals surface area (Å²) in [5, 5.41) is 17.5. The Balaban J connectivity index is 0.00000192. The molecule has 2 heterocycles. The molecule has 0 spiro atoms. The van der Waals surface area contributed by atoms with Gasteiger partial charge in [-0.05, 0) is 73.5 Å². The quantitative estimate of drug-likeness (QED) is 0.876. The molecule has 3 rings (SSSR count). The van der Waals surface area contributed by atoms with Gasteiger partial charge in [-0.1, -0.05) is 0 Å². The molecule has 1 aliphatic rings. The van der Waals surface area contributed by atoms with Gasteiger partial charge >= 0.3 is 0 Å². The average molecular weight is 337 g/mol. The van der Waals surface area contributed by atoms with Gasteiger partial charge in [-0.25, -0.2) is 4.68 Å². The predicted molar refractivity (Wildman–Crippen MR) is 88.9 cm³/mol. The van der Waals surface area contributed by atoms with E-state index in [4.69, 9.17) is 0 Å². The van der Waals surface area contributed by atoms with Gasteiger partial charge < -0.3 is 10.6 Å². The number of rotatable bonds is 4. The maximum atomic E-state index is 12.3. The van der Waals surface area contributed by atoms with E-state index in [0.717, 1.165) is 25.2 Å². The molecule has 0 saturated carbocycles. The number of carbonyl (C=O) groups is 1. The van der Waals surface area contributed by atoms with Crippen molar-refractivity contribution < 1.29 is 4.79 Å². The van der Waals surface area contributed by atoms with Crippen LogP contribution in [-0.2, 0) is 0 Å². The van der Waals surface area contributed by atoms with E-state index in [-0.39, 0.29) is 24.4 Å². The molecule has 0 radical (unpaired) electrons. The molecule has 124 valence electrons. The van der Waals surface area contributed by atoms with Crippen molar-refractivity contribution in [3.05, 3.63) is 36.2 Å². The minimum Gasteiger partial charge on any atom is -0.349 e. The number of hydrogen-bond acceptors (Lipinski definition) is 5. The lowest BCUT2D eigenvalue weighted by molar-refractivity contribution is 0.0922. The Bertz CT molecular complexity index is 609. The zero-order valence-corrected chi connectivity index (χ0v) is 13.8. The van der Waals surface area contributed by atoms with Crippen LogP contribution in [0.5, 0.6) is 0 Å². The van der Waals surface area contributed by atoms with Crippen molar-refractivity contribution in [2.75, 3.05) is 13.1 Å². The van der Waals surface area contributed by atoms with Gasteiger partial charge in [-0.15, -0.1) is 17.5 Å². The third kappa shape index (κ3) is 4.27. The van der Waals surface area contributed by atoms with E-state index >= 15 is 0 Å². The Morgan fingerprint density at radius 3 is 2.78 bits per heavy atom. The molecular formula is C15H21ClN6O. The average Bonchev–Trinajstić information content (AvgIpc) is 3.10. The number of tetrazole rings is 1. The Morgan fingerprint density at radius 2 is 2.17 bits per heavy atom. The first-order valence-corrected chi connectivity index (χ1v) is 7.59. The number of nitrogens with zero attached hydrogens (tertiary/aromatic N) is 4. The molecule has 2 N–H and O–H groups in total. The summed E-state index contributed by atoms with van der Waals surface area (Å²) in [6.07, 6.45) is 3.85. The second kappa shape index (κ2) is 8.03. The minimum absolute atomic E-state index is 0. The Kier molecular flexibility index (Phi) is 6.06. The molecule has 2 aromatic rings. The summed E-state index contributed by atoms with van der Waals surface area (Å²) < 4.78 is 1.55. The number of benzene rings is 1. The number of aromatic nitrogens is 4. The van der Waals surface area contributed by atoms with Crippen LogP contribution in [0.4, 0.5) is 0 Å². The van der Waals surface area contributed by atoms with Crippen molar-refractivity contribution in [3.63, 3.8) is 0 Å². The highest BCUT2D eigenvalue weighted by Gasteiger charge is 2.21. The fraction of sp³-hybridized carbons (Fsp3) is 0.467. The topological polar surface area (TPSA) is 84.7 Å². The summed E-state index contributed by atoms with van der Waals surface area (Å²) in [5.74, 6) is 0.458. The van der Waals surface area contributed by atoms with Gasteiger partial charge in [0.25, 0.3) is 5.91 Å². The predicted octanol–water partition coefficient (Wildman–Crippen LogP) is 1.20. The molecular weight excluding hydrogens is 316 g/mol. The largest absolute Gasteiger partial charge is 0.349 e. The summed E-state index contributed by atoms with van der Waals surface area (Å²) in [6.45, 7) is 4.13. The van der Waals surface area contributed by atoms with Crippen molar-refractivity contribution in [1.29, 1.82) is 0 Å². The fourth-order valence-corrected chi connectivity index (χ4v) is 2.76. The summed E-state index contributed by atoms with van der Waals surface area (Å²) in [5.41, 5.74) is 1.47. The van der Waals surface area contributed by atoms with Crippen molar-refractivity contribution >= 4 is 18.3 Å². The maximum absolute atomic E-state index is 12.3. The van der Waals surface area contributed by atoms with Crippen LogP contribution in [0.25, 0.3) is 5.69 Å². The third-order valence-corrected chi connectivity index (χ3v) is 4.14. The molecule has 2 unspecified atom stereocenters. The van der Waals surface area contributed by atoms with Gasteiger partial charge in [-0.2, -0.15) is 0 Å². The lowest BCUT2D eigenvalue weighted by Gasteiger charge is -2.28. The van der Waals surface area contributed by atoms with Crippen LogP contribution in [0.2, 0.25) is 0 Å². The van der Waals surface area contributed by atoms with Crippen LogP contribution in [0.1, 0.15) is 30.1 Å². The fourth-order valence-electron chi connectivity index (χ4n) is 2.76. The van der Waals surface area contributed by atoms with E-state index in [2.05, 4.69) is 33.1 Å². The van der Waals surface area contributed by atoms with E-state index in [0.29, 0.717) is 11.5 Å². The SMILES string of the molecule is CC(NC(=O)c1ccc(-n2cnnn2)cc1)C1CCCNC1.Cl. The van der Waals surface area contributed by atoms with Gasteiger partial charge in [0.1, 0.15) is 6.33 Å². The van der Waals surface area contributed by atoms with Crippen molar-refractivity contribution in [2.45, 2.75) is 25.8 Å². The smallest absolute Gasteiger partial charge is 0.251 e. The highest BCUT2D eigenvalue weighted by Crippen LogP contribution is 2.15. The summed E-state index contributed by atoms with van der Waals surface area (Å²) in [6, 6.07) is 7.41. The van der Waals surface area contributed by atoms with Crippen molar-refractivity contribution in [2.24, 2.45) is 5.92 Å². The van der Waals surface area contributed by atoms with Crippen LogP contribution < -0.4 is 10.6 Å². The normalized spacial score (nSPS) is 18.7. The first-order chi connectivity index (χ1) is 10.7. The Morgan fingerprint density at radius 1 is 1.39 bits per heavy atom. The Labute approximate surface area is 141 Å². The number of amides is 1. The molecule has 1 aliphatic heterocycles. The molecule has 23 heavy (non-hydrogen) atoms. The van der Waals surface area contributed by atoms with Crippen molar-refractivity contribution in [3.8, 4) is 5.69 Å². The summed E-state index contributed by atoms with van der Waals surface area (Å²) in [4.78, 5) is 12.3. The van der Waals surface area contributed by atoms with Gasteiger partial charge in [0.15, 0.2) is 0 Å². The zero-order chi connectivity index (χ0) is 15.4. The van der Waals surface area contributed by atoms with Crippen LogP contribution in [0.15, 0.2) is 30.6 Å². The van der Waals surface area contributed by atoms with Crippen molar-refractivity contribution in [1.82, 2.24) is 30.8 Å². The van der Waals surface area contributed by atoms with Crippen LogP contribution in [-0.4, -0.2) is 45.2 Å². The molecule has 1 amide bonds. The maximum Gasteiger partial charge on any atom is 0.251 e. The third-order valence-electron chi connectivity index (χ3n) is 4.14. The highest BCUT2D eigenvalue weighted by atomic mass is 35.5. The number of halogens is 1. The number of piperidine rings is 1. The monoisotopic (exact) mass is 336 g/mol. The first-order valence-electron chi connectivity index (χ1n) is 7.59. The lowest BCUT2D eigenvalue weighted by atomic mass is 9.92. The molecule has 1 aromatic heterocycles. The van der Waals surface area contributed by atoms with E-state index in [1.54, 1.807) is 16.8 Å². The Hall–Kier alpha value is -1.99. The molecule has 8 heteroatoms. The molecule has 7 nitrogen and oxygen atoms in total. The molecule has 2 atom stereocenters. The van der Waals surface area contributed by atoms with Gasteiger partial charge in [0, 0.05) is 11.6 Å². The molecule has 1 fully saturated rings. The van der Waals surface area contributed by atoms with Gasteiger partial charge in [-0.3, -0.25) is 4.79 Å². The second-order valence-corrected chi connectivity index (χ2v) is 5.67. The van der Waals surface area contributed by atoms with E-state index in [9.17, 15) is 4.79 Å². The van der Waals surface area contributed by atoms with E-state index in [1.165, 1.54) is 12.7 Å². The van der Waals surface area contributed by atoms with E-state index < -0.39 is 0 Å². The van der Waals surface area contributed by atoms with Gasteiger partial charge in [0.05, 0.1) is 5.69 Å². The zero-order valence-electron chi connectivity index (χ0n) is 13.0. The number of nitrogens with one attached hydrogen (secondary N) is 2.